The number of nitrogens with zero attached hydrogens (tertiary/aromatic N) is 3. The molecule has 3 aromatic rings. The molecule has 1 atom stereocenters. The highest BCUT2D eigenvalue weighted by Crippen LogP contribution is 2.34. The first-order valence-electron chi connectivity index (χ1n) is 9.86. The van der Waals surface area contributed by atoms with Crippen LogP contribution in [0.1, 0.15) is 39.3 Å². The predicted molar refractivity (Wildman–Crippen MR) is 115 cm³/mol. The molecule has 2 amide bonds. The molecule has 0 radical (unpaired) electrons. The average Bonchev–Trinajstić information content (AvgIpc) is 3.44. The predicted octanol–water partition coefficient (Wildman–Crippen LogP) is 3.84. The highest BCUT2D eigenvalue weighted by Gasteiger charge is 2.33. The van der Waals surface area contributed by atoms with Crippen molar-refractivity contribution in [2.24, 2.45) is 0 Å². The van der Waals surface area contributed by atoms with Gasteiger partial charge in [-0.3, -0.25) is 9.59 Å². The van der Waals surface area contributed by atoms with E-state index in [0.29, 0.717) is 17.2 Å². The quantitative estimate of drug-likeness (QED) is 0.630. The molecule has 1 aliphatic rings. The second-order valence-electron chi connectivity index (χ2n) is 7.18. The van der Waals surface area contributed by atoms with E-state index in [-0.39, 0.29) is 23.4 Å². The van der Waals surface area contributed by atoms with Crippen LogP contribution in [0.3, 0.4) is 0 Å². The van der Waals surface area contributed by atoms with Crippen molar-refractivity contribution in [1.82, 2.24) is 15.1 Å². The van der Waals surface area contributed by atoms with Crippen molar-refractivity contribution in [2.45, 2.75) is 25.3 Å². The maximum atomic E-state index is 13.3. The highest BCUT2D eigenvalue weighted by atomic mass is 32.1. The largest absolute Gasteiger partial charge is 0.497 e. The monoisotopic (exact) mass is 440 g/mol. The van der Waals surface area contributed by atoms with Gasteiger partial charge in [-0.2, -0.15) is 0 Å². The zero-order valence-electron chi connectivity index (χ0n) is 16.9. The zero-order chi connectivity index (χ0) is 21.8. The van der Waals surface area contributed by atoms with Gasteiger partial charge in [0.05, 0.1) is 19.6 Å². The van der Waals surface area contributed by atoms with Gasteiger partial charge in [-0.15, -0.1) is 10.2 Å². The molecule has 2 aromatic carbocycles. The minimum atomic E-state index is -0.455. The highest BCUT2D eigenvalue weighted by molar-refractivity contribution is 7.13. The van der Waals surface area contributed by atoms with Crippen LogP contribution in [0.25, 0.3) is 0 Å². The Labute approximate surface area is 182 Å². The number of nitrogens with one attached hydrogen (secondary N) is 1. The summed E-state index contributed by atoms with van der Waals surface area (Å²) in [5, 5.41) is 11.6. The van der Waals surface area contributed by atoms with Crippen LogP contribution < -0.4 is 10.1 Å². The third kappa shape index (κ3) is 4.88. The molecule has 1 aromatic heterocycles. The van der Waals surface area contributed by atoms with Gasteiger partial charge in [0.2, 0.25) is 10.9 Å². The van der Waals surface area contributed by atoms with Gasteiger partial charge >= 0.3 is 0 Å². The fourth-order valence-electron chi connectivity index (χ4n) is 3.55. The van der Waals surface area contributed by atoms with E-state index in [1.807, 2.05) is 24.3 Å². The maximum absolute atomic E-state index is 13.3. The summed E-state index contributed by atoms with van der Waals surface area (Å²) in [6.07, 6.45) is 1.92. The van der Waals surface area contributed by atoms with E-state index >= 15 is 0 Å². The van der Waals surface area contributed by atoms with Crippen molar-refractivity contribution < 1.29 is 18.7 Å². The second-order valence-corrected chi connectivity index (χ2v) is 8.19. The van der Waals surface area contributed by atoms with Crippen LogP contribution >= 0.6 is 11.3 Å². The fourth-order valence-corrected chi connectivity index (χ4v) is 4.44. The lowest BCUT2D eigenvalue weighted by atomic mass is 10.1. The number of hydrogen-bond acceptors (Lipinski definition) is 6. The third-order valence-corrected chi connectivity index (χ3v) is 6.11. The molecule has 1 aliphatic heterocycles. The number of benzene rings is 2. The second kappa shape index (κ2) is 9.22. The molecule has 1 unspecified atom stereocenters. The summed E-state index contributed by atoms with van der Waals surface area (Å²) < 4.78 is 18.5. The standard InChI is InChI=1S/C22H21FN4O3S/c1-30-17-9-7-14(8-10-17)12-19(28)27-11-3-6-18(27)21-25-26-22(31-21)20(29)24-16-5-2-4-15(23)13-16/h2,4-5,7-10,13,18H,3,6,11-12H2,1H3,(H,24,29). The maximum Gasteiger partial charge on any atom is 0.286 e. The summed E-state index contributed by atoms with van der Waals surface area (Å²) in [5.41, 5.74) is 1.25. The Balaban J connectivity index is 1.43. The lowest BCUT2D eigenvalue weighted by molar-refractivity contribution is -0.131. The molecule has 0 bridgehead atoms. The molecule has 0 aliphatic carbocycles. The van der Waals surface area contributed by atoms with Crippen LogP contribution in [-0.2, 0) is 11.2 Å². The number of anilines is 1. The first kappa shape index (κ1) is 20.9. The molecule has 1 N–H and O–H groups in total. The number of ether oxygens (including phenoxy) is 1. The lowest BCUT2D eigenvalue weighted by Gasteiger charge is -2.22. The Morgan fingerprint density at radius 1 is 1.23 bits per heavy atom. The van der Waals surface area contributed by atoms with Crippen LogP contribution in [-0.4, -0.2) is 40.6 Å². The number of rotatable bonds is 6. The van der Waals surface area contributed by atoms with Crippen molar-refractivity contribution >= 4 is 28.8 Å². The molecular formula is C22H21FN4O3S. The summed E-state index contributed by atoms with van der Waals surface area (Å²) in [4.78, 5) is 27.2. The van der Waals surface area contributed by atoms with Crippen LogP contribution in [0, 0.1) is 5.82 Å². The summed E-state index contributed by atoms with van der Waals surface area (Å²) in [7, 11) is 1.60. The molecule has 2 heterocycles. The van der Waals surface area contributed by atoms with Crippen LogP contribution in [0.5, 0.6) is 5.75 Å². The van der Waals surface area contributed by atoms with Gasteiger partial charge in [-0.1, -0.05) is 29.5 Å². The van der Waals surface area contributed by atoms with Gasteiger partial charge in [0.25, 0.3) is 5.91 Å². The number of methoxy groups -OCH3 is 1. The van der Waals surface area contributed by atoms with E-state index in [1.54, 1.807) is 18.1 Å². The molecule has 4 rings (SSSR count). The molecule has 160 valence electrons. The summed E-state index contributed by atoms with van der Waals surface area (Å²) in [5.74, 6) is -0.141. The van der Waals surface area contributed by atoms with E-state index in [9.17, 15) is 14.0 Å². The van der Waals surface area contributed by atoms with E-state index < -0.39 is 11.7 Å². The van der Waals surface area contributed by atoms with Crippen LogP contribution in [0.15, 0.2) is 48.5 Å². The molecule has 9 heteroatoms. The van der Waals surface area contributed by atoms with Gasteiger partial charge in [-0.05, 0) is 48.7 Å². The van der Waals surface area contributed by atoms with E-state index in [2.05, 4.69) is 15.5 Å². The Morgan fingerprint density at radius 3 is 2.77 bits per heavy atom. The zero-order valence-corrected chi connectivity index (χ0v) is 17.7. The van der Waals surface area contributed by atoms with E-state index in [0.717, 1.165) is 35.5 Å². The van der Waals surface area contributed by atoms with Crippen molar-refractivity contribution in [3.05, 3.63) is 69.9 Å². The Hall–Kier alpha value is -3.33. The molecule has 7 nitrogen and oxygen atoms in total. The van der Waals surface area contributed by atoms with Crippen molar-refractivity contribution in [2.75, 3.05) is 19.0 Å². The van der Waals surface area contributed by atoms with Crippen LogP contribution in [0.2, 0.25) is 0 Å². The van der Waals surface area contributed by atoms with Crippen molar-refractivity contribution in [3.63, 3.8) is 0 Å². The minimum absolute atomic E-state index is 0.00799. The number of amides is 2. The summed E-state index contributed by atoms with van der Waals surface area (Å²) in [6, 6.07) is 12.9. The number of hydrogen-bond donors (Lipinski definition) is 1. The molecule has 0 spiro atoms. The first-order chi connectivity index (χ1) is 15.0. The van der Waals surface area contributed by atoms with Crippen molar-refractivity contribution in [1.29, 1.82) is 0 Å². The molecule has 31 heavy (non-hydrogen) atoms. The number of likely N-dealkylation sites (tertiary alicyclic amines) is 1. The SMILES string of the molecule is COc1ccc(CC(=O)N2CCCC2c2nnc(C(=O)Nc3cccc(F)c3)s2)cc1. The Kier molecular flexibility index (Phi) is 6.22. The molecule has 1 saturated heterocycles. The Bertz CT molecular complexity index is 1090. The smallest absolute Gasteiger partial charge is 0.286 e. The number of carbonyl (C=O) groups is 2. The van der Waals surface area contributed by atoms with E-state index in [1.165, 1.54) is 18.2 Å². The third-order valence-electron chi connectivity index (χ3n) is 5.09. The molecule has 0 saturated carbocycles. The van der Waals surface area contributed by atoms with Crippen LogP contribution in [0.4, 0.5) is 10.1 Å². The van der Waals surface area contributed by atoms with Gasteiger partial charge in [0, 0.05) is 12.2 Å². The Morgan fingerprint density at radius 2 is 2.03 bits per heavy atom. The number of halogens is 1. The van der Waals surface area contributed by atoms with Gasteiger partial charge in [0.1, 0.15) is 16.6 Å². The summed E-state index contributed by atoms with van der Waals surface area (Å²) in [6.45, 7) is 0.643. The van der Waals surface area contributed by atoms with Crippen molar-refractivity contribution in [3.8, 4) is 5.75 Å². The minimum Gasteiger partial charge on any atom is -0.497 e. The van der Waals surface area contributed by atoms with E-state index in [4.69, 9.17) is 4.74 Å². The topological polar surface area (TPSA) is 84.4 Å². The van der Waals surface area contributed by atoms with Gasteiger partial charge in [-0.25, -0.2) is 4.39 Å². The number of carbonyl (C=O) groups excluding carboxylic acids is 2. The summed E-state index contributed by atoms with van der Waals surface area (Å²) >= 11 is 1.16. The average molecular weight is 441 g/mol. The fraction of sp³-hybridized carbons (Fsp3) is 0.273. The van der Waals surface area contributed by atoms with Gasteiger partial charge < -0.3 is 15.0 Å². The lowest BCUT2D eigenvalue weighted by Crippen LogP contribution is -2.31. The first-order valence-corrected chi connectivity index (χ1v) is 10.7. The normalized spacial score (nSPS) is 15.7. The van der Waals surface area contributed by atoms with Gasteiger partial charge in [0.15, 0.2) is 0 Å². The molecular weight excluding hydrogens is 419 g/mol. The number of aromatic nitrogens is 2. The molecule has 1 fully saturated rings.